The zero-order chi connectivity index (χ0) is 14.4. The van der Waals surface area contributed by atoms with Gasteiger partial charge in [0, 0.05) is 18.6 Å². The maximum absolute atomic E-state index is 9.81. The van der Waals surface area contributed by atoms with Gasteiger partial charge in [0.05, 0.1) is 6.54 Å². The molecule has 0 aliphatic carbocycles. The molecule has 2 N–H and O–H groups in total. The van der Waals surface area contributed by atoms with Gasteiger partial charge in [0.25, 0.3) is 0 Å². The largest absolute Gasteiger partial charge is 0.491 e. The van der Waals surface area contributed by atoms with Crippen LogP contribution < -0.4 is 10.1 Å². The number of nitrogens with zero attached hydrogens (tertiary/aromatic N) is 3. The van der Waals surface area contributed by atoms with Gasteiger partial charge < -0.3 is 19.7 Å². The Hall–Kier alpha value is -1.63. The highest BCUT2D eigenvalue weighted by atomic mass is 35.5. The van der Waals surface area contributed by atoms with Gasteiger partial charge in [-0.1, -0.05) is 17.7 Å². The van der Waals surface area contributed by atoms with E-state index < -0.39 is 6.10 Å². The highest BCUT2D eigenvalue weighted by Gasteiger charge is 2.06. The van der Waals surface area contributed by atoms with E-state index in [1.54, 1.807) is 30.6 Å². The van der Waals surface area contributed by atoms with E-state index in [-0.39, 0.29) is 6.61 Å². The summed E-state index contributed by atoms with van der Waals surface area (Å²) < 4.78 is 7.27. The Morgan fingerprint density at radius 3 is 3.05 bits per heavy atom. The minimum absolute atomic E-state index is 0.201. The van der Waals surface area contributed by atoms with Crippen molar-refractivity contribution in [2.24, 2.45) is 7.05 Å². The van der Waals surface area contributed by atoms with Crippen LogP contribution in [0.15, 0.2) is 30.6 Å². The second-order valence-corrected chi connectivity index (χ2v) is 4.85. The summed E-state index contributed by atoms with van der Waals surface area (Å²) in [4.78, 5) is 0. The Kier molecular flexibility index (Phi) is 5.34. The molecule has 0 amide bonds. The monoisotopic (exact) mass is 296 g/mol. The summed E-state index contributed by atoms with van der Waals surface area (Å²) in [6, 6.07) is 7.08. The molecule has 6 nitrogen and oxygen atoms in total. The van der Waals surface area contributed by atoms with Crippen LogP contribution >= 0.6 is 11.6 Å². The molecular formula is C13H17ClN4O2. The van der Waals surface area contributed by atoms with Crippen LogP contribution in [0.2, 0.25) is 5.02 Å². The van der Waals surface area contributed by atoms with E-state index in [0.29, 0.717) is 23.9 Å². The minimum atomic E-state index is -0.609. The molecule has 1 heterocycles. The van der Waals surface area contributed by atoms with Crippen molar-refractivity contribution in [2.75, 3.05) is 13.2 Å². The number of halogens is 1. The summed E-state index contributed by atoms with van der Waals surface area (Å²) in [5, 5.41) is 21.2. The average Bonchev–Trinajstić information content (AvgIpc) is 2.82. The van der Waals surface area contributed by atoms with Crippen molar-refractivity contribution in [3.05, 3.63) is 41.4 Å². The topological polar surface area (TPSA) is 72.2 Å². The summed E-state index contributed by atoms with van der Waals surface area (Å²) >= 11 is 5.85. The van der Waals surface area contributed by atoms with Crippen molar-refractivity contribution in [1.29, 1.82) is 0 Å². The van der Waals surface area contributed by atoms with E-state index in [2.05, 4.69) is 15.5 Å². The highest BCUT2D eigenvalue weighted by Crippen LogP contribution is 2.17. The van der Waals surface area contributed by atoms with Crippen molar-refractivity contribution in [3.8, 4) is 5.75 Å². The lowest BCUT2D eigenvalue weighted by Crippen LogP contribution is -2.31. The second kappa shape index (κ2) is 7.23. The third-order valence-electron chi connectivity index (χ3n) is 2.71. The third-order valence-corrected chi connectivity index (χ3v) is 2.94. The van der Waals surface area contributed by atoms with Crippen molar-refractivity contribution >= 4 is 11.6 Å². The average molecular weight is 297 g/mol. The molecule has 20 heavy (non-hydrogen) atoms. The number of nitrogens with one attached hydrogen (secondary N) is 1. The first-order chi connectivity index (χ1) is 9.65. The molecule has 1 aromatic heterocycles. The number of aryl methyl sites for hydroxylation is 1. The first-order valence-corrected chi connectivity index (χ1v) is 6.63. The number of hydrogen-bond acceptors (Lipinski definition) is 5. The van der Waals surface area contributed by atoms with E-state index >= 15 is 0 Å². The first-order valence-electron chi connectivity index (χ1n) is 6.25. The Morgan fingerprint density at radius 1 is 1.50 bits per heavy atom. The molecule has 0 saturated carbocycles. The Bertz CT molecular complexity index is 547. The maximum Gasteiger partial charge on any atom is 0.146 e. The van der Waals surface area contributed by atoms with Crippen LogP contribution in [0, 0.1) is 0 Å². The Morgan fingerprint density at radius 2 is 2.35 bits per heavy atom. The molecule has 1 atom stereocenters. The smallest absolute Gasteiger partial charge is 0.146 e. The lowest BCUT2D eigenvalue weighted by atomic mass is 10.3. The van der Waals surface area contributed by atoms with Gasteiger partial charge in [-0.3, -0.25) is 0 Å². The summed E-state index contributed by atoms with van der Waals surface area (Å²) in [5.74, 6) is 1.46. The van der Waals surface area contributed by atoms with Gasteiger partial charge in [0.2, 0.25) is 0 Å². The molecule has 2 aromatic rings. The molecule has 0 spiro atoms. The predicted octanol–water partition coefficient (Wildman–Crippen LogP) is 0.998. The fourth-order valence-corrected chi connectivity index (χ4v) is 1.81. The summed E-state index contributed by atoms with van der Waals surface area (Å²) in [7, 11) is 1.87. The van der Waals surface area contributed by atoms with Gasteiger partial charge in [-0.15, -0.1) is 10.2 Å². The fraction of sp³-hybridized carbons (Fsp3) is 0.385. The molecule has 1 aromatic carbocycles. The summed E-state index contributed by atoms with van der Waals surface area (Å²) in [5.41, 5.74) is 0. The number of aliphatic hydroxyl groups is 1. The molecular weight excluding hydrogens is 280 g/mol. The van der Waals surface area contributed by atoms with Crippen molar-refractivity contribution in [3.63, 3.8) is 0 Å². The molecule has 0 bridgehead atoms. The van der Waals surface area contributed by atoms with E-state index in [9.17, 15) is 5.11 Å². The molecule has 7 heteroatoms. The summed E-state index contributed by atoms with van der Waals surface area (Å²) in [6.45, 7) is 1.16. The van der Waals surface area contributed by atoms with E-state index in [1.807, 2.05) is 11.6 Å². The lowest BCUT2D eigenvalue weighted by Gasteiger charge is -2.13. The molecule has 0 radical (unpaired) electrons. The fourth-order valence-electron chi connectivity index (χ4n) is 1.63. The van der Waals surface area contributed by atoms with E-state index in [0.717, 1.165) is 5.82 Å². The number of hydrogen-bond donors (Lipinski definition) is 2. The van der Waals surface area contributed by atoms with Gasteiger partial charge >= 0.3 is 0 Å². The lowest BCUT2D eigenvalue weighted by molar-refractivity contribution is 0.106. The van der Waals surface area contributed by atoms with Gasteiger partial charge in [-0.2, -0.15) is 0 Å². The molecule has 0 aliphatic heterocycles. The number of rotatable bonds is 7. The standard InChI is InChI=1S/C13H17ClN4O2/c1-18-9-16-17-13(18)7-15-6-11(19)8-20-12-4-2-3-10(14)5-12/h2-5,9,11,15,19H,6-8H2,1H3. The number of ether oxygens (including phenoxy) is 1. The number of aliphatic hydroxyl groups excluding tert-OH is 1. The quantitative estimate of drug-likeness (QED) is 0.797. The van der Waals surface area contributed by atoms with Gasteiger partial charge in [-0.05, 0) is 18.2 Å². The highest BCUT2D eigenvalue weighted by molar-refractivity contribution is 6.30. The molecule has 108 valence electrons. The van der Waals surface area contributed by atoms with Crippen LogP contribution in [0.5, 0.6) is 5.75 Å². The molecule has 0 aliphatic rings. The SMILES string of the molecule is Cn1cnnc1CNCC(O)COc1cccc(Cl)c1. The van der Waals surface area contributed by atoms with E-state index in [4.69, 9.17) is 16.3 Å². The van der Waals surface area contributed by atoms with Crippen LogP contribution in [0.1, 0.15) is 5.82 Å². The third kappa shape index (κ3) is 4.48. The molecule has 2 rings (SSSR count). The normalized spacial score (nSPS) is 12.3. The second-order valence-electron chi connectivity index (χ2n) is 4.41. The van der Waals surface area contributed by atoms with Crippen molar-refractivity contribution < 1.29 is 9.84 Å². The molecule has 1 unspecified atom stereocenters. The molecule has 0 fully saturated rings. The van der Waals surface area contributed by atoms with Crippen molar-refractivity contribution in [1.82, 2.24) is 20.1 Å². The predicted molar refractivity (Wildman–Crippen MR) is 75.7 cm³/mol. The van der Waals surface area contributed by atoms with Gasteiger partial charge in [-0.25, -0.2) is 0 Å². The first kappa shape index (κ1) is 14.8. The van der Waals surface area contributed by atoms with Crippen LogP contribution in [0.4, 0.5) is 0 Å². The maximum atomic E-state index is 9.81. The van der Waals surface area contributed by atoms with Gasteiger partial charge in [0.1, 0.15) is 30.6 Å². The Balaban J connectivity index is 1.68. The zero-order valence-electron chi connectivity index (χ0n) is 11.2. The molecule has 0 saturated heterocycles. The van der Waals surface area contributed by atoms with Crippen LogP contribution in [0.25, 0.3) is 0 Å². The van der Waals surface area contributed by atoms with Gasteiger partial charge in [0.15, 0.2) is 0 Å². The minimum Gasteiger partial charge on any atom is -0.491 e. The van der Waals surface area contributed by atoms with E-state index in [1.165, 1.54) is 0 Å². The number of aromatic nitrogens is 3. The van der Waals surface area contributed by atoms with Crippen molar-refractivity contribution in [2.45, 2.75) is 12.6 Å². The zero-order valence-corrected chi connectivity index (χ0v) is 11.9. The Labute approximate surface area is 122 Å². The van der Waals surface area contributed by atoms with Crippen LogP contribution in [0.3, 0.4) is 0 Å². The van der Waals surface area contributed by atoms with Crippen LogP contribution in [-0.2, 0) is 13.6 Å². The summed E-state index contributed by atoms with van der Waals surface area (Å²) in [6.07, 6.45) is 1.03. The number of benzene rings is 1. The van der Waals surface area contributed by atoms with Crippen LogP contribution in [-0.4, -0.2) is 39.1 Å².